The lowest BCUT2D eigenvalue weighted by Crippen LogP contribution is -2.13. The van der Waals surface area contributed by atoms with Gasteiger partial charge in [-0.2, -0.15) is 4.98 Å². The van der Waals surface area contributed by atoms with Crippen LogP contribution in [0, 0.1) is 0 Å². The first-order valence-corrected chi connectivity index (χ1v) is 9.54. The molecular formula is C17H16N2O3S2. The van der Waals surface area contributed by atoms with Crippen LogP contribution in [0.25, 0.3) is 12.2 Å². The second kappa shape index (κ2) is 6.62. The number of hydrogen-bond donors (Lipinski definition) is 0. The molecule has 0 atom stereocenters. The molecule has 0 N–H and O–H groups in total. The molecule has 2 heterocycles. The van der Waals surface area contributed by atoms with Crippen LogP contribution < -0.4 is 4.90 Å². The largest absolute Gasteiger partial charge is 0.420 e. The third-order valence-corrected chi connectivity index (χ3v) is 5.75. The van der Waals surface area contributed by atoms with Gasteiger partial charge in [-0.1, -0.05) is 24.3 Å². The van der Waals surface area contributed by atoms with E-state index in [1.54, 1.807) is 66.7 Å². The van der Waals surface area contributed by atoms with Gasteiger partial charge in [0, 0.05) is 25.0 Å². The van der Waals surface area contributed by atoms with E-state index in [-0.39, 0.29) is 21.7 Å². The molecule has 0 fully saturated rings. The summed E-state index contributed by atoms with van der Waals surface area (Å²) in [6.45, 7) is 0. The second-order valence-corrected chi connectivity index (χ2v) is 8.07. The number of rotatable bonds is 5. The van der Waals surface area contributed by atoms with Gasteiger partial charge in [0.2, 0.25) is 26.6 Å². The highest BCUT2D eigenvalue weighted by atomic mass is 32.2. The third kappa shape index (κ3) is 3.27. The normalized spacial score (nSPS) is 11.9. The number of benzene rings is 1. The van der Waals surface area contributed by atoms with Gasteiger partial charge in [0.1, 0.15) is 0 Å². The Bertz CT molecular complexity index is 941. The molecular weight excluding hydrogens is 344 g/mol. The van der Waals surface area contributed by atoms with E-state index in [2.05, 4.69) is 4.98 Å². The first kappa shape index (κ1) is 16.5. The van der Waals surface area contributed by atoms with Crippen LogP contribution in [0.2, 0.25) is 0 Å². The molecule has 0 saturated carbocycles. The Kier molecular flexibility index (Phi) is 4.55. The van der Waals surface area contributed by atoms with E-state index in [1.807, 2.05) is 23.6 Å². The first-order chi connectivity index (χ1) is 11.5. The molecule has 0 bridgehead atoms. The summed E-state index contributed by atoms with van der Waals surface area (Å²) in [6, 6.07) is 12.1. The van der Waals surface area contributed by atoms with Crippen molar-refractivity contribution in [1.29, 1.82) is 0 Å². The van der Waals surface area contributed by atoms with E-state index in [4.69, 9.17) is 4.42 Å². The lowest BCUT2D eigenvalue weighted by atomic mass is 10.4. The zero-order valence-corrected chi connectivity index (χ0v) is 14.8. The van der Waals surface area contributed by atoms with Gasteiger partial charge in [-0.25, -0.2) is 8.42 Å². The van der Waals surface area contributed by atoms with Crippen molar-refractivity contribution in [2.24, 2.45) is 0 Å². The van der Waals surface area contributed by atoms with Gasteiger partial charge >= 0.3 is 0 Å². The van der Waals surface area contributed by atoms with E-state index < -0.39 is 9.84 Å². The summed E-state index contributed by atoms with van der Waals surface area (Å²) in [6.07, 6.45) is 3.51. The number of oxazole rings is 1. The summed E-state index contributed by atoms with van der Waals surface area (Å²) in [7, 11) is -0.305. The Morgan fingerprint density at radius 1 is 1.08 bits per heavy atom. The van der Waals surface area contributed by atoms with E-state index in [1.165, 1.54) is 0 Å². The SMILES string of the molecule is CN(C)c1oc(C=Cc2cccs2)nc1S(=O)(=O)c1ccccc1. The summed E-state index contributed by atoms with van der Waals surface area (Å²) in [5.74, 6) is 0.464. The quantitative estimate of drug-likeness (QED) is 0.692. The Labute approximate surface area is 144 Å². The maximum absolute atomic E-state index is 12.8. The molecule has 0 aliphatic rings. The van der Waals surface area contributed by atoms with Crippen molar-refractivity contribution in [3.8, 4) is 0 Å². The fraction of sp³-hybridized carbons (Fsp3) is 0.118. The van der Waals surface area contributed by atoms with Crippen molar-refractivity contribution < 1.29 is 12.8 Å². The zero-order chi connectivity index (χ0) is 17.2. The predicted octanol–water partition coefficient (Wildman–Crippen LogP) is 3.81. The topological polar surface area (TPSA) is 63.4 Å². The number of nitrogens with zero attached hydrogens (tertiary/aromatic N) is 2. The van der Waals surface area contributed by atoms with Crippen molar-refractivity contribution in [3.05, 3.63) is 58.6 Å². The Balaban J connectivity index is 2.04. The Hall–Kier alpha value is -2.38. The summed E-state index contributed by atoms with van der Waals surface area (Å²) in [5, 5.41) is 1.88. The maximum Gasteiger partial charge on any atom is 0.235 e. The predicted molar refractivity (Wildman–Crippen MR) is 96.0 cm³/mol. The van der Waals surface area contributed by atoms with Crippen LogP contribution in [-0.2, 0) is 9.84 Å². The van der Waals surface area contributed by atoms with Gasteiger partial charge in [0.05, 0.1) is 4.90 Å². The van der Waals surface area contributed by atoms with E-state index >= 15 is 0 Å². The van der Waals surface area contributed by atoms with Crippen LogP contribution in [0.4, 0.5) is 5.88 Å². The Morgan fingerprint density at radius 2 is 1.83 bits per heavy atom. The lowest BCUT2D eigenvalue weighted by molar-refractivity contribution is 0.542. The van der Waals surface area contributed by atoms with Crippen LogP contribution in [0.1, 0.15) is 10.8 Å². The van der Waals surface area contributed by atoms with E-state index in [0.29, 0.717) is 0 Å². The minimum Gasteiger partial charge on any atom is -0.420 e. The number of thiophene rings is 1. The molecule has 3 aromatic rings. The summed E-state index contributed by atoms with van der Waals surface area (Å²) >= 11 is 1.58. The highest BCUT2D eigenvalue weighted by molar-refractivity contribution is 7.91. The van der Waals surface area contributed by atoms with E-state index in [9.17, 15) is 8.42 Å². The van der Waals surface area contributed by atoms with Crippen LogP contribution in [0.5, 0.6) is 0 Å². The van der Waals surface area contributed by atoms with Crippen molar-refractivity contribution in [3.63, 3.8) is 0 Å². The standard InChI is InChI=1S/C17H16N2O3S2/c1-19(2)17-16(24(20,21)14-8-4-3-5-9-14)18-15(22-17)11-10-13-7-6-12-23-13/h3-12H,1-2H3. The highest BCUT2D eigenvalue weighted by Gasteiger charge is 2.28. The third-order valence-electron chi connectivity index (χ3n) is 3.24. The number of hydrogen-bond acceptors (Lipinski definition) is 6. The molecule has 1 aromatic carbocycles. The number of aromatic nitrogens is 1. The molecule has 0 saturated heterocycles. The Morgan fingerprint density at radius 3 is 2.46 bits per heavy atom. The van der Waals surface area contributed by atoms with Crippen molar-refractivity contribution >= 4 is 39.2 Å². The van der Waals surface area contributed by atoms with Gasteiger partial charge in [0.25, 0.3) is 0 Å². The highest BCUT2D eigenvalue weighted by Crippen LogP contribution is 2.30. The van der Waals surface area contributed by atoms with Crippen LogP contribution in [0.15, 0.2) is 62.2 Å². The molecule has 2 aromatic heterocycles. The van der Waals surface area contributed by atoms with Crippen molar-refractivity contribution in [2.45, 2.75) is 9.92 Å². The molecule has 0 spiro atoms. The molecule has 5 nitrogen and oxygen atoms in total. The molecule has 24 heavy (non-hydrogen) atoms. The maximum atomic E-state index is 12.8. The van der Waals surface area contributed by atoms with Crippen molar-refractivity contribution in [1.82, 2.24) is 4.98 Å². The average molecular weight is 360 g/mol. The molecule has 7 heteroatoms. The lowest BCUT2D eigenvalue weighted by Gasteiger charge is -2.09. The van der Waals surface area contributed by atoms with Crippen LogP contribution >= 0.6 is 11.3 Å². The average Bonchev–Trinajstić information content (AvgIpc) is 3.23. The minimum absolute atomic E-state index is 0.0791. The minimum atomic E-state index is -3.74. The van der Waals surface area contributed by atoms with Crippen LogP contribution in [0.3, 0.4) is 0 Å². The molecule has 3 rings (SSSR count). The summed E-state index contributed by atoms with van der Waals surface area (Å²) in [4.78, 5) is 7.03. The van der Waals surface area contributed by atoms with Gasteiger partial charge in [0.15, 0.2) is 0 Å². The van der Waals surface area contributed by atoms with Gasteiger partial charge in [-0.15, -0.1) is 11.3 Å². The number of anilines is 1. The molecule has 0 amide bonds. The summed E-state index contributed by atoms with van der Waals surface area (Å²) in [5.41, 5.74) is 0. The first-order valence-electron chi connectivity index (χ1n) is 7.18. The smallest absolute Gasteiger partial charge is 0.235 e. The zero-order valence-electron chi connectivity index (χ0n) is 13.2. The van der Waals surface area contributed by atoms with Gasteiger partial charge in [-0.05, 0) is 29.7 Å². The van der Waals surface area contributed by atoms with Crippen LogP contribution in [-0.4, -0.2) is 27.5 Å². The monoisotopic (exact) mass is 360 g/mol. The molecule has 0 radical (unpaired) electrons. The fourth-order valence-corrected chi connectivity index (χ4v) is 4.11. The van der Waals surface area contributed by atoms with Gasteiger partial charge in [-0.3, -0.25) is 0 Å². The van der Waals surface area contributed by atoms with E-state index in [0.717, 1.165) is 4.88 Å². The molecule has 0 aliphatic heterocycles. The molecule has 0 aliphatic carbocycles. The summed E-state index contributed by atoms with van der Waals surface area (Å²) < 4.78 is 31.3. The van der Waals surface area contributed by atoms with Crippen molar-refractivity contribution in [2.75, 3.05) is 19.0 Å². The number of sulfone groups is 1. The van der Waals surface area contributed by atoms with Gasteiger partial charge < -0.3 is 9.32 Å². The molecule has 0 unspecified atom stereocenters. The molecule has 124 valence electrons. The fourth-order valence-electron chi connectivity index (χ4n) is 2.09. The second-order valence-electron chi connectivity index (χ2n) is 5.22.